The number of nitrogens with one attached hydrogen (secondary N) is 1. The Bertz CT molecular complexity index is 992. The highest BCUT2D eigenvalue weighted by Crippen LogP contribution is 2.22. The number of benzene rings is 1. The first-order valence-electron chi connectivity index (χ1n) is 7.84. The van der Waals surface area contributed by atoms with Crippen LogP contribution in [-0.2, 0) is 23.0 Å². The van der Waals surface area contributed by atoms with Crippen molar-refractivity contribution in [1.82, 2.24) is 24.9 Å². The van der Waals surface area contributed by atoms with E-state index in [1.807, 2.05) is 45.0 Å². The number of rotatable bonds is 6. The SMILES string of the molecule is CCc1ccc(S(=O)(=O)NCc2nnnn2-c2ccc(C)c(C)c2)s1. The van der Waals surface area contributed by atoms with Crippen LogP contribution in [0.15, 0.2) is 34.5 Å². The van der Waals surface area contributed by atoms with Gasteiger partial charge in [0.25, 0.3) is 0 Å². The van der Waals surface area contributed by atoms with Crippen molar-refractivity contribution >= 4 is 21.4 Å². The number of hydrogen-bond acceptors (Lipinski definition) is 6. The summed E-state index contributed by atoms with van der Waals surface area (Å²) in [5.41, 5.74) is 3.08. The summed E-state index contributed by atoms with van der Waals surface area (Å²) in [5.74, 6) is 0.430. The molecule has 1 aromatic carbocycles. The second-order valence-corrected chi connectivity index (χ2v) is 8.84. The van der Waals surface area contributed by atoms with Crippen LogP contribution in [0.5, 0.6) is 0 Å². The monoisotopic (exact) mass is 377 g/mol. The molecule has 9 heteroatoms. The lowest BCUT2D eigenvalue weighted by Crippen LogP contribution is -2.24. The fourth-order valence-corrected chi connectivity index (χ4v) is 4.62. The second kappa shape index (κ2) is 7.03. The molecule has 0 spiro atoms. The average Bonchev–Trinajstić information content (AvgIpc) is 3.24. The van der Waals surface area contributed by atoms with E-state index < -0.39 is 10.0 Å². The predicted molar refractivity (Wildman–Crippen MR) is 96.4 cm³/mol. The minimum Gasteiger partial charge on any atom is -0.206 e. The molecular formula is C16H19N5O2S2. The van der Waals surface area contributed by atoms with E-state index in [4.69, 9.17) is 0 Å². The Hall–Kier alpha value is -2.10. The van der Waals surface area contributed by atoms with Crippen molar-refractivity contribution < 1.29 is 8.42 Å². The van der Waals surface area contributed by atoms with E-state index in [-0.39, 0.29) is 6.54 Å². The Labute approximate surface area is 150 Å². The van der Waals surface area contributed by atoms with Crippen LogP contribution >= 0.6 is 11.3 Å². The summed E-state index contributed by atoms with van der Waals surface area (Å²) in [5, 5.41) is 11.6. The highest BCUT2D eigenvalue weighted by Gasteiger charge is 2.18. The Morgan fingerprint density at radius 1 is 1.16 bits per heavy atom. The van der Waals surface area contributed by atoms with Crippen LogP contribution in [0.25, 0.3) is 5.69 Å². The quantitative estimate of drug-likeness (QED) is 0.712. The third kappa shape index (κ3) is 3.78. The summed E-state index contributed by atoms with van der Waals surface area (Å²) < 4.78 is 29.3. The maximum absolute atomic E-state index is 12.4. The van der Waals surface area contributed by atoms with Gasteiger partial charge in [-0.2, -0.15) is 4.68 Å². The van der Waals surface area contributed by atoms with Gasteiger partial charge in [0.2, 0.25) is 10.0 Å². The number of aromatic nitrogens is 4. The zero-order chi connectivity index (χ0) is 18.0. The van der Waals surface area contributed by atoms with Gasteiger partial charge in [-0.05, 0) is 66.1 Å². The maximum Gasteiger partial charge on any atom is 0.250 e. The van der Waals surface area contributed by atoms with Crippen LogP contribution in [0.1, 0.15) is 28.8 Å². The smallest absolute Gasteiger partial charge is 0.206 e. The molecule has 0 aliphatic carbocycles. The number of thiophene rings is 1. The highest BCUT2D eigenvalue weighted by atomic mass is 32.2. The van der Waals surface area contributed by atoms with Crippen molar-refractivity contribution in [2.75, 3.05) is 0 Å². The van der Waals surface area contributed by atoms with E-state index in [9.17, 15) is 8.42 Å². The summed E-state index contributed by atoms with van der Waals surface area (Å²) in [7, 11) is -3.58. The van der Waals surface area contributed by atoms with Gasteiger partial charge in [0.05, 0.1) is 12.2 Å². The lowest BCUT2D eigenvalue weighted by atomic mass is 10.1. The average molecular weight is 377 g/mol. The van der Waals surface area contributed by atoms with Crippen LogP contribution in [0.4, 0.5) is 0 Å². The van der Waals surface area contributed by atoms with Gasteiger partial charge in [-0.1, -0.05) is 13.0 Å². The molecule has 0 aliphatic rings. The summed E-state index contributed by atoms with van der Waals surface area (Å²) in [6.45, 7) is 6.04. The molecule has 0 atom stereocenters. The number of aryl methyl sites for hydroxylation is 3. The number of nitrogens with zero attached hydrogens (tertiary/aromatic N) is 4. The first kappa shape index (κ1) is 17.7. The van der Waals surface area contributed by atoms with Gasteiger partial charge in [0.1, 0.15) is 4.21 Å². The van der Waals surface area contributed by atoms with Crippen molar-refractivity contribution in [3.63, 3.8) is 0 Å². The van der Waals surface area contributed by atoms with Crippen LogP contribution in [-0.4, -0.2) is 28.6 Å². The van der Waals surface area contributed by atoms with Gasteiger partial charge >= 0.3 is 0 Å². The molecule has 132 valence electrons. The molecule has 3 aromatic rings. The van der Waals surface area contributed by atoms with E-state index in [1.54, 1.807) is 10.7 Å². The molecule has 0 saturated heterocycles. The fraction of sp³-hybridized carbons (Fsp3) is 0.312. The molecule has 3 rings (SSSR count). The van der Waals surface area contributed by atoms with E-state index in [0.29, 0.717) is 10.0 Å². The van der Waals surface area contributed by atoms with Gasteiger partial charge < -0.3 is 0 Å². The number of hydrogen-bond donors (Lipinski definition) is 1. The topological polar surface area (TPSA) is 89.8 Å². The molecule has 0 saturated carbocycles. The van der Waals surface area contributed by atoms with Crippen molar-refractivity contribution in [2.24, 2.45) is 0 Å². The van der Waals surface area contributed by atoms with Crippen molar-refractivity contribution in [3.8, 4) is 5.69 Å². The van der Waals surface area contributed by atoms with Crippen LogP contribution < -0.4 is 4.72 Å². The fourth-order valence-electron chi connectivity index (χ4n) is 2.30. The molecule has 0 unspecified atom stereocenters. The lowest BCUT2D eigenvalue weighted by molar-refractivity contribution is 0.580. The van der Waals surface area contributed by atoms with Gasteiger partial charge in [0, 0.05) is 4.88 Å². The van der Waals surface area contributed by atoms with Gasteiger partial charge in [-0.3, -0.25) is 0 Å². The van der Waals surface area contributed by atoms with Crippen molar-refractivity contribution in [3.05, 3.63) is 52.2 Å². The maximum atomic E-state index is 12.4. The predicted octanol–water partition coefficient (Wildman–Crippen LogP) is 2.38. The molecule has 25 heavy (non-hydrogen) atoms. The Morgan fingerprint density at radius 2 is 1.96 bits per heavy atom. The standard InChI is InChI=1S/C16H19N5O2S2/c1-4-14-7-8-16(24-14)25(22,23)17-10-15-18-19-20-21(15)13-6-5-11(2)12(3)9-13/h5-9,17H,4,10H2,1-3H3. The minimum atomic E-state index is -3.58. The molecule has 0 amide bonds. The lowest BCUT2D eigenvalue weighted by Gasteiger charge is -2.08. The third-order valence-corrected chi connectivity index (χ3v) is 7.06. The van der Waals surface area contributed by atoms with E-state index in [2.05, 4.69) is 20.2 Å². The van der Waals surface area contributed by atoms with Crippen LogP contribution in [0.2, 0.25) is 0 Å². The summed E-state index contributed by atoms with van der Waals surface area (Å²) in [6, 6.07) is 9.31. The third-order valence-electron chi connectivity index (χ3n) is 3.94. The second-order valence-electron chi connectivity index (χ2n) is 5.67. The molecule has 0 aliphatic heterocycles. The Balaban J connectivity index is 1.80. The van der Waals surface area contributed by atoms with Crippen LogP contribution in [0, 0.1) is 13.8 Å². The van der Waals surface area contributed by atoms with Crippen molar-refractivity contribution in [2.45, 2.75) is 37.9 Å². The van der Waals surface area contributed by atoms with Gasteiger partial charge in [0.15, 0.2) is 5.82 Å². The number of sulfonamides is 1. The zero-order valence-electron chi connectivity index (χ0n) is 14.2. The molecule has 2 heterocycles. The minimum absolute atomic E-state index is 0.0155. The molecule has 0 bridgehead atoms. The van der Waals surface area contributed by atoms with Crippen molar-refractivity contribution in [1.29, 1.82) is 0 Å². The van der Waals surface area contributed by atoms with E-state index >= 15 is 0 Å². The molecule has 0 radical (unpaired) electrons. The van der Waals surface area contributed by atoms with E-state index in [1.165, 1.54) is 16.9 Å². The molecular weight excluding hydrogens is 358 g/mol. The Kier molecular flexibility index (Phi) is 4.98. The summed E-state index contributed by atoms with van der Waals surface area (Å²) >= 11 is 1.27. The summed E-state index contributed by atoms with van der Waals surface area (Å²) in [4.78, 5) is 1.03. The first-order chi connectivity index (χ1) is 11.9. The number of tetrazole rings is 1. The molecule has 0 fully saturated rings. The first-order valence-corrected chi connectivity index (χ1v) is 10.1. The highest BCUT2D eigenvalue weighted by molar-refractivity contribution is 7.91. The van der Waals surface area contributed by atoms with Gasteiger partial charge in [-0.15, -0.1) is 16.4 Å². The van der Waals surface area contributed by atoms with Crippen LogP contribution in [0.3, 0.4) is 0 Å². The summed E-state index contributed by atoms with van der Waals surface area (Å²) in [6.07, 6.45) is 0.811. The Morgan fingerprint density at radius 3 is 2.64 bits per heavy atom. The van der Waals surface area contributed by atoms with Gasteiger partial charge in [-0.25, -0.2) is 13.1 Å². The normalized spacial score (nSPS) is 11.8. The molecule has 2 aromatic heterocycles. The zero-order valence-corrected chi connectivity index (χ0v) is 15.9. The largest absolute Gasteiger partial charge is 0.250 e. The van der Waals surface area contributed by atoms with E-state index in [0.717, 1.165) is 22.5 Å². The molecule has 7 nitrogen and oxygen atoms in total. The molecule has 1 N–H and O–H groups in total.